The van der Waals surface area contributed by atoms with Crippen molar-refractivity contribution in [2.24, 2.45) is 0 Å². The molecule has 1 rings (SSSR count). The number of amides is 1. The average molecular weight is 237 g/mol. The average Bonchev–Trinajstić information content (AvgIpc) is 2.38. The molecule has 0 saturated carbocycles. The number of ether oxygens (including phenoxy) is 2. The Balaban J connectivity index is 2.44. The predicted octanol–water partition coefficient (Wildman–Crippen LogP) is 0.988. The smallest absolute Gasteiger partial charge is 0.307 e. The second kappa shape index (κ2) is 6.52. The number of methoxy groups -OCH3 is 2. The number of esters is 1. The highest BCUT2D eigenvalue weighted by Crippen LogP contribution is 2.10. The molecular weight excluding hydrogens is 222 g/mol. The summed E-state index contributed by atoms with van der Waals surface area (Å²) in [6.07, 6.45) is 0.165. The van der Waals surface area contributed by atoms with E-state index in [4.69, 9.17) is 4.74 Å². The second-order valence-corrected chi connectivity index (χ2v) is 3.31. The van der Waals surface area contributed by atoms with E-state index in [1.54, 1.807) is 31.4 Å². The minimum Gasteiger partial charge on any atom is -0.497 e. The first-order chi connectivity index (χ1) is 8.17. The first-order valence-corrected chi connectivity index (χ1v) is 5.16. The lowest BCUT2D eigenvalue weighted by Gasteiger charge is -2.05. The number of rotatable bonds is 5. The van der Waals surface area contributed by atoms with Gasteiger partial charge in [0, 0.05) is 12.1 Å². The SMILES string of the molecule is COC(=O)CCNC(=O)c1ccc(OC)cc1. The van der Waals surface area contributed by atoms with Crippen molar-refractivity contribution in [2.75, 3.05) is 20.8 Å². The molecule has 0 bridgehead atoms. The van der Waals surface area contributed by atoms with Crippen LogP contribution in [0.1, 0.15) is 16.8 Å². The summed E-state index contributed by atoms with van der Waals surface area (Å²) in [6.45, 7) is 0.261. The summed E-state index contributed by atoms with van der Waals surface area (Å²) in [7, 11) is 2.87. The van der Waals surface area contributed by atoms with E-state index >= 15 is 0 Å². The van der Waals surface area contributed by atoms with Gasteiger partial charge in [-0.2, -0.15) is 0 Å². The summed E-state index contributed by atoms with van der Waals surface area (Å²) in [6, 6.07) is 6.73. The molecule has 0 spiro atoms. The molecule has 0 aliphatic heterocycles. The third-order valence-electron chi connectivity index (χ3n) is 2.19. The van der Waals surface area contributed by atoms with Crippen LogP contribution in [-0.2, 0) is 9.53 Å². The molecule has 0 aliphatic carbocycles. The molecule has 1 aromatic carbocycles. The Hall–Kier alpha value is -2.04. The van der Waals surface area contributed by atoms with Crippen molar-refractivity contribution >= 4 is 11.9 Å². The number of nitrogens with one attached hydrogen (secondary N) is 1. The molecule has 0 radical (unpaired) electrons. The fourth-order valence-electron chi connectivity index (χ4n) is 1.22. The molecule has 0 unspecified atom stereocenters. The standard InChI is InChI=1S/C12H15NO4/c1-16-10-5-3-9(4-6-10)12(15)13-8-7-11(14)17-2/h3-6H,7-8H2,1-2H3,(H,13,15). The maximum atomic E-state index is 11.6. The van der Waals surface area contributed by atoms with Crippen molar-refractivity contribution in [1.82, 2.24) is 5.32 Å². The van der Waals surface area contributed by atoms with Crippen LogP contribution in [0.25, 0.3) is 0 Å². The Morgan fingerprint density at radius 2 is 1.82 bits per heavy atom. The highest BCUT2D eigenvalue weighted by molar-refractivity contribution is 5.94. The van der Waals surface area contributed by atoms with Crippen LogP contribution in [-0.4, -0.2) is 32.6 Å². The zero-order valence-electron chi connectivity index (χ0n) is 9.86. The van der Waals surface area contributed by atoms with Crippen molar-refractivity contribution in [3.63, 3.8) is 0 Å². The van der Waals surface area contributed by atoms with Crippen molar-refractivity contribution in [3.8, 4) is 5.75 Å². The monoisotopic (exact) mass is 237 g/mol. The Labute approximate surface area is 99.7 Å². The summed E-state index contributed by atoms with van der Waals surface area (Å²) >= 11 is 0. The van der Waals surface area contributed by atoms with Gasteiger partial charge in [0.15, 0.2) is 0 Å². The first kappa shape index (κ1) is 13.0. The van der Waals surface area contributed by atoms with Crippen LogP contribution in [0.4, 0.5) is 0 Å². The lowest BCUT2D eigenvalue weighted by Crippen LogP contribution is -2.26. The summed E-state index contributed by atoms with van der Waals surface area (Å²) in [5, 5.41) is 2.62. The number of hydrogen-bond acceptors (Lipinski definition) is 4. The predicted molar refractivity (Wildman–Crippen MR) is 62.0 cm³/mol. The van der Waals surface area contributed by atoms with Crippen LogP contribution in [0.15, 0.2) is 24.3 Å². The van der Waals surface area contributed by atoms with Gasteiger partial charge in [0.05, 0.1) is 20.6 Å². The first-order valence-electron chi connectivity index (χ1n) is 5.16. The molecule has 5 heteroatoms. The van der Waals surface area contributed by atoms with Gasteiger partial charge in [0.1, 0.15) is 5.75 Å². The minimum absolute atomic E-state index is 0.165. The van der Waals surface area contributed by atoms with Crippen molar-refractivity contribution in [3.05, 3.63) is 29.8 Å². The number of carbonyl (C=O) groups is 2. The highest BCUT2D eigenvalue weighted by Gasteiger charge is 2.06. The van der Waals surface area contributed by atoms with Crippen molar-refractivity contribution < 1.29 is 19.1 Å². The van der Waals surface area contributed by atoms with Crippen LogP contribution in [0.3, 0.4) is 0 Å². The van der Waals surface area contributed by atoms with Gasteiger partial charge in [-0.25, -0.2) is 0 Å². The zero-order chi connectivity index (χ0) is 12.7. The van der Waals surface area contributed by atoms with Gasteiger partial charge in [-0.15, -0.1) is 0 Å². The van der Waals surface area contributed by atoms with Crippen LogP contribution in [0.5, 0.6) is 5.75 Å². The summed E-state index contributed by atoms with van der Waals surface area (Å²) < 4.78 is 9.44. The molecule has 17 heavy (non-hydrogen) atoms. The molecular formula is C12H15NO4. The van der Waals surface area contributed by atoms with Gasteiger partial charge >= 0.3 is 5.97 Å². The van der Waals surface area contributed by atoms with Crippen molar-refractivity contribution in [2.45, 2.75) is 6.42 Å². The van der Waals surface area contributed by atoms with Crippen LogP contribution >= 0.6 is 0 Å². The molecule has 0 saturated heterocycles. The molecule has 5 nitrogen and oxygen atoms in total. The number of carbonyl (C=O) groups excluding carboxylic acids is 2. The number of hydrogen-bond donors (Lipinski definition) is 1. The van der Waals surface area contributed by atoms with E-state index in [0.29, 0.717) is 11.3 Å². The molecule has 0 aromatic heterocycles. The highest BCUT2D eigenvalue weighted by atomic mass is 16.5. The molecule has 0 heterocycles. The topological polar surface area (TPSA) is 64.6 Å². The Morgan fingerprint density at radius 3 is 2.35 bits per heavy atom. The lowest BCUT2D eigenvalue weighted by molar-refractivity contribution is -0.140. The van der Waals surface area contributed by atoms with Crippen molar-refractivity contribution in [1.29, 1.82) is 0 Å². The molecule has 1 N–H and O–H groups in total. The molecule has 0 fully saturated rings. The van der Waals surface area contributed by atoms with Crippen LogP contribution in [0, 0.1) is 0 Å². The molecule has 0 aliphatic rings. The van der Waals surface area contributed by atoms with Gasteiger partial charge in [-0.1, -0.05) is 0 Å². The van der Waals surface area contributed by atoms with E-state index in [9.17, 15) is 9.59 Å². The van der Waals surface area contributed by atoms with E-state index in [2.05, 4.69) is 10.1 Å². The van der Waals surface area contributed by atoms with E-state index < -0.39 is 0 Å². The third-order valence-corrected chi connectivity index (χ3v) is 2.19. The van der Waals surface area contributed by atoms with Gasteiger partial charge in [0.2, 0.25) is 0 Å². The van der Waals surface area contributed by atoms with E-state index in [1.807, 2.05) is 0 Å². The fourth-order valence-corrected chi connectivity index (χ4v) is 1.22. The summed E-state index contributed by atoms with van der Waals surface area (Å²) in [4.78, 5) is 22.4. The zero-order valence-corrected chi connectivity index (χ0v) is 9.86. The molecule has 1 aromatic rings. The molecule has 0 atom stereocenters. The van der Waals surface area contributed by atoms with Gasteiger partial charge in [-0.3, -0.25) is 9.59 Å². The van der Waals surface area contributed by atoms with Gasteiger partial charge in [0.25, 0.3) is 5.91 Å². The second-order valence-electron chi connectivity index (χ2n) is 3.31. The molecule has 92 valence electrons. The maximum Gasteiger partial charge on any atom is 0.307 e. The Kier molecular flexibility index (Phi) is 5.00. The quantitative estimate of drug-likeness (QED) is 0.775. The maximum absolute atomic E-state index is 11.6. The third kappa shape index (κ3) is 4.14. The normalized spacial score (nSPS) is 9.53. The largest absolute Gasteiger partial charge is 0.497 e. The van der Waals surface area contributed by atoms with Gasteiger partial charge in [-0.05, 0) is 24.3 Å². The fraction of sp³-hybridized carbons (Fsp3) is 0.333. The summed E-state index contributed by atoms with van der Waals surface area (Å²) in [5.41, 5.74) is 0.524. The van der Waals surface area contributed by atoms with E-state index in [0.717, 1.165) is 0 Å². The van der Waals surface area contributed by atoms with E-state index in [1.165, 1.54) is 7.11 Å². The minimum atomic E-state index is -0.347. The number of benzene rings is 1. The van der Waals surface area contributed by atoms with E-state index in [-0.39, 0.29) is 24.8 Å². The van der Waals surface area contributed by atoms with Gasteiger partial charge < -0.3 is 14.8 Å². The Bertz CT molecular complexity index is 386. The summed E-state index contributed by atoms with van der Waals surface area (Å²) in [5.74, 6) is 0.118. The Morgan fingerprint density at radius 1 is 1.18 bits per heavy atom. The van der Waals surface area contributed by atoms with Crippen LogP contribution in [0.2, 0.25) is 0 Å². The lowest BCUT2D eigenvalue weighted by atomic mass is 10.2. The van der Waals surface area contributed by atoms with Crippen LogP contribution < -0.4 is 10.1 Å². The molecule has 1 amide bonds.